The predicted octanol–water partition coefficient (Wildman–Crippen LogP) is 4.08. The fourth-order valence-electron chi connectivity index (χ4n) is 1.82. The molecule has 0 aromatic heterocycles. The average molecular weight is 370 g/mol. The van der Waals surface area contributed by atoms with E-state index in [2.05, 4.69) is 21.2 Å². The van der Waals surface area contributed by atoms with Crippen LogP contribution in [0.3, 0.4) is 0 Å². The van der Waals surface area contributed by atoms with Crippen LogP contribution in [0.4, 0.5) is 13.2 Å². The Balaban J connectivity index is 2.73. The summed E-state index contributed by atoms with van der Waals surface area (Å²) < 4.78 is 47.3. The lowest BCUT2D eigenvalue weighted by atomic mass is 10.1. The molecule has 0 radical (unpaired) electrons. The third-order valence-electron chi connectivity index (χ3n) is 2.66. The molecular formula is C14H19BrF3NO2. The first-order chi connectivity index (χ1) is 9.87. The maximum Gasteiger partial charge on any atom is 0.411 e. The van der Waals surface area contributed by atoms with Gasteiger partial charge in [0.25, 0.3) is 0 Å². The number of likely N-dealkylation sites (N-methyl/N-ethyl adjacent to an activating group) is 1. The zero-order valence-electron chi connectivity index (χ0n) is 12.0. The first-order valence-corrected chi connectivity index (χ1v) is 7.46. The summed E-state index contributed by atoms with van der Waals surface area (Å²) in [7, 11) is 0. The number of benzene rings is 1. The van der Waals surface area contributed by atoms with E-state index in [4.69, 9.17) is 9.47 Å². The number of nitrogens with one attached hydrogen (secondary N) is 1. The Hall–Kier alpha value is -0.790. The maximum absolute atomic E-state index is 12.1. The Morgan fingerprint density at radius 2 is 2.00 bits per heavy atom. The van der Waals surface area contributed by atoms with Gasteiger partial charge in [-0.15, -0.1) is 0 Å². The van der Waals surface area contributed by atoms with Crippen LogP contribution in [0.25, 0.3) is 0 Å². The normalized spacial score (nSPS) is 13.2. The van der Waals surface area contributed by atoms with Gasteiger partial charge in [0.2, 0.25) is 0 Å². The fourth-order valence-corrected chi connectivity index (χ4v) is 2.33. The summed E-state index contributed by atoms with van der Waals surface area (Å²) in [6, 6.07) is 5.14. The highest BCUT2D eigenvalue weighted by atomic mass is 79.9. The number of hydrogen-bond donors (Lipinski definition) is 1. The van der Waals surface area contributed by atoms with Crippen molar-refractivity contribution in [2.75, 3.05) is 26.4 Å². The van der Waals surface area contributed by atoms with Crippen LogP contribution in [0, 0.1) is 0 Å². The number of rotatable bonds is 8. The van der Waals surface area contributed by atoms with Gasteiger partial charge in [-0.1, -0.05) is 13.0 Å². The molecule has 1 rings (SSSR count). The Kier molecular flexibility index (Phi) is 7.48. The van der Waals surface area contributed by atoms with E-state index in [1.54, 1.807) is 6.07 Å². The number of alkyl halides is 3. The van der Waals surface area contributed by atoms with Crippen molar-refractivity contribution in [2.24, 2.45) is 0 Å². The van der Waals surface area contributed by atoms with E-state index >= 15 is 0 Å². The zero-order valence-corrected chi connectivity index (χ0v) is 13.6. The molecule has 0 fully saturated rings. The molecule has 0 aliphatic rings. The molecule has 0 aliphatic carbocycles. The molecule has 1 aromatic carbocycles. The molecule has 0 heterocycles. The quantitative estimate of drug-likeness (QED) is 0.748. The minimum atomic E-state index is -4.31. The second kappa shape index (κ2) is 8.60. The predicted molar refractivity (Wildman–Crippen MR) is 78.6 cm³/mol. The van der Waals surface area contributed by atoms with E-state index in [-0.39, 0.29) is 12.6 Å². The number of hydrogen-bond acceptors (Lipinski definition) is 3. The maximum atomic E-state index is 12.1. The van der Waals surface area contributed by atoms with Gasteiger partial charge in [-0.05, 0) is 47.1 Å². The molecule has 1 atom stereocenters. The van der Waals surface area contributed by atoms with Crippen LogP contribution in [0.15, 0.2) is 22.7 Å². The van der Waals surface area contributed by atoms with Gasteiger partial charge in [0.15, 0.2) is 0 Å². The monoisotopic (exact) mass is 369 g/mol. The second-order valence-corrected chi connectivity index (χ2v) is 5.22. The lowest BCUT2D eigenvalue weighted by Crippen LogP contribution is -2.28. The molecule has 0 saturated heterocycles. The summed E-state index contributed by atoms with van der Waals surface area (Å²) in [5, 5.41) is 3.11. The van der Waals surface area contributed by atoms with Crippen LogP contribution in [-0.4, -0.2) is 32.5 Å². The molecule has 0 bridgehead atoms. The van der Waals surface area contributed by atoms with Crippen LogP contribution >= 0.6 is 15.9 Å². The highest BCUT2D eigenvalue weighted by molar-refractivity contribution is 9.10. The van der Waals surface area contributed by atoms with Crippen molar-refractivity contribution in [2.45, 2.75) is 26.1 Å². The van der Waals surface area contributed by atoms with Crippen molar-refractivity contribution in [3.8, 4) is 5.75 Å². The minimum absolute atomic E-state index is 0.0478. The molecule has 1 unspecified atom stereocenters. The summed E-state index contributed by atoms with van der Waals surface area (Å²) in [4.78, 5) is 0. The first-order valence-electron chi connectivity index (χ1n) is 6.67. The van der Waals surface area contributed by atoms with Crippen molar-refractivity contribution in [1.29, 1.82) is 0 Å². The van der Waals surface area contributed by atoms with Crippen LogP contribution in [0.2, 0.25) is 0 Å². The zero-order chi connectivity index (χ0) is 15.9. The van der Waals surface area contributed by atoms with E-state index in [0.29, 0.717) is 18.9 Å². The molecule has 0 spiro atoms. The Labute approximate surface area is 130 Å². The van der Waals surface area contributed by atoms with Crippen LogP contribution in [-0.2, 0) is 4.74 Å². The van der Waals surface area contributed by atoms with Crippen LogP contribution in [0.5, 0.6) is 5.75 Å². The van der Waals surface area contributed by atoms with Gasteiger partial charge in [0, 0.05) is 0 Å². The van der Waals surface area contributed by atoms with E-state index in [9.17, 15) is 13.2 Å². The molecule has 0 amide bonds. The minimum Gasteiger partial charge on any atom is -0.493 e. The first kappa shape index (κ1) is 18.3. The van der Waals surface area contributed by atoms with Gasteiger partial charge in [-0.2, -0.15) is 13.2 Å². The summed E-state index contributed by atoms with van der Waals surface area (Å²) in [6.07, 6.45) is -4.31. The Morgan fingerprint density at radius 3 is 2.52 bits per heavy atom. The number of halogens is 4. The van der Waals surface area contributed by atoms with Crippen molar-refractivity contribution >= 4 is 15.9 Å². The summed E-state index contributed by atoms with van der Waals surface area (Å²) >= 11 is 3.39. The number of ether oxygens (including phenoxy) is 2. The van der Waals surface area contributed by atoms with Crippen molar-refractivity contribution < 1.29 is 22.6 Å². The molecule has 3 nitrogen and oxygen atoms in total. The van der Waals surface area contributed by atoms with E-state index in [1.807, 2.05) is 26.0 Å². The van der Waals surface area contributed by atoms with E-state index in [1.165, 1.54) is 0 Å². The highest BCUT2D eigenvalue weighted by Gasteiger charge is 2.28. The molecule has 1 N–H and O–H groups in total. The standard InChI is InChI=1S/C14H19BrF3NO2/c1-3-19-12(8-20-9-14(16,17)18)10-5-6-13(21-4-2)11(15)7-10/h5-7,12,19H,3-4,8-9H2,1-2H3. The summed E-state index contributed by atoms with van der Waals surface area (Å²) in [5.74, 6) is 0.702. The highest BCUT2D eigenvalue weighted by Crippen LogP contribution is 2.28. The molecule has 1 aromatic rings. The molecule has 0 saturated carbocycles. The van der Waals surface area contributed by atoms with Gasteiger partial charge in [0.1, 0.15) is 12.4 Å². The summed E-state index contributed by atoms with van der Waals surface area (Å²) in [5.41, 5.74) is 0.842. The summed E-state index contributed by atoms with van der Waals surface area (Å²) in [6.45, 7) is 3.65. The van der Waals surface area contributed by atoms with Crippen molar-refractivity contribution in [3.05, 3.63) is 28.2 Å². The average Bonchev–Trinajstić information content (AvgIpc) is 2.39. The van der Waals surface area contributed by atoms with Gasteiger partial charge in [0.05, 0.1) is 23.7 Å². The topological polar surface area (TPSA) is 30.5 Å². The van der Waals surface area contributed by atoms with Crippen molar-refractivity contribution in [3.63, 3.8) is 0 Å². The molecule has 21 heavy (non-hydrogen) atoms. The SMILES string of the molecule is CCNC(COCC(F)(F)F)c1ccc(OCC)c(Br)c1. The smallest absolute Gasteiger partial charge is 0.411 e. The second-order valence-electron chi connectivity index (χ2n) is 4.36. The lowest BCUT2D eigenvalue weighted by molar-refractivity contribution is -0.175. The molecule has 120 valence electrons. The molecule has 0 aliphatic heterocycles. The van der Waals surface area contributed by atoms with Crippen molar-refractivity contribution in [1.82, 2.24) is 5.32 Å². The Morgan fingerprint density at radius 1 is 1.29 bits per heavy atom. The molecule has 7 heteroatoms. The van der Waals surface area contributed by atoms with Crippen LogP contribution in [0.1, 0.15) is 25.5 Å². The third-order valence-corrected chi connectivity index (χ3v) is 3.28. The van der Waals surface area contributed by atoms with E-state index in [0.717, 1.165) is 10.0 Å². The molecular weight excluding hydrogens is 351 g/mol. The van der Waals surface area contributed by atoms with Gasteiger partial charge < -0.3 is 14.8 Å². The van der Waals surface area contributed by atoms with Gasteiger partial charge in [-0.3, -0.25) is 0 Å². The van der Waals surface area contributed by atoms with Crippen LogP contribution < -0.4 is 10.1 Å². The fraction of sp³-hybridized carbons (Fsp3) is 0.571. The van der Waals surface area contributed by atoms with E-state index < -0.39 is 12.8 Å². The Bertz CT molecular complexity index is 441. The van der Waals surface area contributed by atoms with Gasteiger partial charge in [-0.25, -0.2) is 0 Å². The largest absolute Gasteiger partial charge is 0.493 e. The third kappa shape index (κ3) is 6.67. The lowest BCUT2D eigenvalue weighted by Gasteiger charge is -2.20. The van der Waals surface area contributed by atoms with Gasteiger partial charge >= 0.3 is 6.18 Å².